The predicted octanol–water partition coefficient (Wildman–Crippen LogP) is 3.60. The number of benzene rings is 1. The van der Waals surface area contributed by atoms with Crippen LogP contribution in [0.4, 0.5) is 0 Å². The number of hydrogen-bond acceptors (Lipinski definition) is 4. The van der Waals surface area contributed by atoms with Crippen LogP contribution in [0.25, 0.3) is 11.5 Å². The normalized spacial score (nSPS) is 12.7. The highest BCUT2D eigenvalue weighted by molar-refractivity contribution is 9.10. The number of aliphatic hydroxyl groups excluding tert-OH is 1. The van der Waals surface area contributed by atoms with Crippen LogP contribution in [0.15, 0.2) is 27.2 Å². The highest BCUT2D eigenvalue weighted by atomic mass is 79.9. The first-order valence-electron chi connectivity index (χ1n) is 5.08. The SMILES string of the molecule is CCC(O)c1noc(-c2cc(Cl)cc(Br)c2)n1. The van der Waals surface area contributed by atoms with E-state index in [9.17, 15) is 5.11 Å². The van der Waals surface area contributed by atoms with Crippen molar-refractivity contribution in [3.63, 3.8) is 0 Å². The molecule has 0 spiro atoms. The summed E-state index contributed by atoms with van der Waals surface area (Å²) in [5, 5.41) is 13.9. The zero-order valence-corrected chi connectivity index (χ0v) is 11.4. The molecule has 90 valence electrons. The smallest absolute Gasteiger partial charge is 0.258 e. The topological polar surface area (TPSA) is 59.2 Å². The van der Waals surface area contributed by atoms with Crippen LogP contribution in [0.5, 0.6) is 0 Å². The molecule has 0 aliphatic heterocycles. The lowest BCUT2D eigenvalue weighted by Gasteiger charge is -1.99. The molecule has 4 nitrogen and oxygen atoms in total. The minimum Gasteiger partial charge on any atom is -0.385 e. The Labute approximate surface area is 112 Å². The minimum atomic E-state index is -0.699. The van der Waals surface area contributed by atoms with Gasteiger partial charge >= 0.3 is 0 Å². The molecule has 17 heavy (non-hydrogen) atoms. The van der Waals surface area contributed by atoms with Crippen LogP contribution in [-0.4, -0.2) is 15.2 Å². The van der Waals surface area contributed by atoms with E-state index >= 15 is 0 Å². The Morgan fingerprint density at radius 3 is 2.88 bits per heavy atom. The number of aromatic nitrogens is 2. The molecular weight excluding hydrogens is 307 g/mol. The van der Waals surface area contributed by atoms with Gasteiger partial charge in [-0.3, -0.25) is 0 Å². The van der Waals surface area contributed by atoms with Crippen molar-refractivity contribution in [2.75, 3.05) is 0 Å². The number of halogens is 2. The lowest BCUT2D eigenvalue weighted by Crippen LogP contribution is -1.97. The molecule has 0 saturated heterocycles. The average Bonchev–Trinajstić information content (AvgIpc) is 2.76. The van der Waals surface area contributed by atoms with Gasteiger partial charge in [0.15, 0.2) is 0 Å². The Morgan fingerprint density at radius 1 is 1.47 bits per heavy atom. The molecule has 0 bridgehead atoms. The van der Waals surface area contributed by atoms with Gasteiger partial charge in [-0.25, -0.2) is 0 Å². The molecule has 1 heterocycles. The van der Waals surface area contributed by atoms with Gasteiger partial charge in [0, 0.05) is 15.1 Å². The molecule has 1 aromatic carbocycles. The third-order valence-electron chi connectivity index (χ3n) is 2.24. The molecular formula is C11H10BrClN2O2. The maximum atomic E-state index is 9.58. The Morgan fingerprint density at radius 2 is 2.24 bits per heavy atom. The first kappa shape index (κ1) is 12.5. The summed E-state index contributed by atoms with van der Waals surface area (Å²) in [5.74, 6) is 0.634. The van der Waals surface area contributed by atoms with Gasteiger partial charge in [-0.05, 0) is 24.6 Å². The molecule has 0 fully saturated rings. The van der Waals surface area contributed by atoms with E-state index in [1.807, 2.05) is 13.0 Å². The third kappa shape index (κ3) is 2.86. The van der Waals surface area contributed by atoms with Crippen LogP contribution < -0.4 is 0 Å². The van der Waals surface area contributed by atoms with Gasteiger partial charge in [0.2, 0.25) is 5.82 Å². The fourth-order valence-electron chi connectivity index (χ4n) is 1.35. The monoisotopic (exact) mass is 316 g/mol. The van der Waals surface area contributed by atoms with Gasteiger partial charge < -0.3 is 9.63 Å². The Hall–Kier alpha value is -0.910. The summed E-state index contributed by atoms with van der Waals surface area (Å²) in [7, 11) is 0. The summed E-state index contributed by atoms with van der Waals surface area (Å²) in [6, 6.07) is 5.31. The average molecular weight is 318 g/mol. The molecule has 2 aromatic rings. The first-order chi connectivity index (χ1) is 8.10. The summed E-state index contributed by atoms with van der Waals surface area (Å²) < 4.78 is 5.91. The zero-order chi connectivity index (χ0) is 12.4. The molecule has 6 heteroatoms. The van der Waals surface area contributed by atoms with E-state index in [0.717, 1.165) is 4.47 Å². The third-order valence-corrected chi connectivity index (χ3v) is 2.91. The van der Waals surface area contributed by atoms with Crippen molar-refractivity contribution in [2.24, 2.45) is 0 Å². The number of nitrogens with zero attached hydrogens (tertiary/aromatic N) is 2. The van der Waals surface area contributed by atoms with Gasteiger partial charge in [-0.1, -0.05) is 39.6 Å². The highest BCUT2D eigenvalue weighted by Crippen LogP contribution is 2.27. The van der Waals surface area contributed by atoms with Crippen molar-refractivity contribution in [3.8, 4) is 11.5 Å². The van der Waals surface area contributed by atoms with Gasteiger partial charge in [-0.15, -0.1) is 0 Å². The lowest BCUT2D eigenvalue weighted by molar-refractivity contribution is 0.159. The zero-order valence-electron chi connectivity index (χ0n) is 9.02. The van der Waals surface area contributed by atoms with Gasteiger partial charge in [0.1, 0.15) is 6.10 Å². The van der Waals surface area contributed by atoms with Crippen LogP contribution in [0.3, 0.4) is 0 Å². The van der Waals surface area contributed by atoms with Gasteiger partial charge in [0.25, 0.3) is 5.89 Å². The second-order valence-corrected chi connectivity index (χ2v) is 4.89. The summed E-state index contributed by atoms with van der Waals surface area (Å²) >= 11 is 9.26. The maximum Gasteiger partial charge on any atom is 0.258 e. The number of rotatable bonds is 3. The van der Waals surface area contributed by atoms with Crippen LogP contribution >= 0.6 is 27.5 Å². The number of hydrogen-bond donors (Lipinski definition) is 1. The molecule has 1 unspecified atom stereocenters. The molecule has 2 rings (SSSR count). The van der Waals surface area contributed by atoms with Crippen LogP contribution in [0.1, 0.15) is 25.3 Å². The van der Waals surface area contributed by atoms with Crippen molar-refractivity contribution < 1.29 is 9.63 Å². The molecule has 0 aliphatic carbocycles. The van der Waals surface area contributed by atoms with Crippen molar-refractivity contribution in [1.29, 1.82) is 0 Å². The molecule has 0 aliphatic rings. The Bertz CT molecular complexity index is 510. The molecule has 0 saturated carbocycles. The highest BCUT2D eigenvalue weighted by Gasteiger charge is 2.15. The van der Waals surface area contributed by atoms with Crippen molar-refractivity contribution in [2.45, 2.75) is 19.4 Å². The van der Waals surface area contributed by atoms with Crippen LogP contribution in [-0.2, 0) is 0 Å². The lowest BCUT2D eigenvalue weighted by atomic mass is 10.2. The number of aliphatic hydroxyl groups is 1. The van der Waals surface area contributed by atoms with Gasteiger partial charge in [-0.2, -0.15) is 4.98 Å². The van der Waals surface area contributed by atoms with E-state index in [2.05, 4.69) is 26.1 Å². The fourth-order valence-corrected chi connectivity index (χ4v) is 2.21. The van der Waals surface area contributed by atoms with Crippen molar-refractivity contribution >= 4 is 27.5 Å². The van der Waals surface area contributed by atoms with Crippen LogP contribution in [0, 0.1) is 0 Å². The molecule has 0 amide bonds. The van der Waals surface area contributed by atoms with Crippen molar-refractivity contribution in [3.05, 3.63) is 33.5 Å². The van der Waals surface area contributed by atoms with Gasteiger partial charge in [0.05, 0.1) is 0 Å². The Kier molecular flexibility index (Phi) is 3.81. The molecule has 1 aromatic heterocycles. The van der Waals surface area contributed by atoms with E-state index in [-0.39, 0.29) is 0 Å². The standard InChI is InChI=1S/C11H10BrClN2O2/c1-2-9(16)10-14-11(17-15-10)6-3-7(12)5-8(13)4-6/h3-5,9,16H,2H2,1H3. The van der Waals surface area contributed by atoms with Crippen LogP contribution in [0.2, 0.25) is 5.02 Å². The summed E-state index contributed by atoms with van der Waals surface area (Å²) in [6.45, 7) is 1.84. The minimum absolute atomic E-state index is 0.290. The Balaban J connectivity index is 2.36. The summed E-state index contributed by atoms with van der Waals surface area (Å²) in [5.41, 5.74) is 0.714. The second kappa shape index (κ2) is 5.16. The van der Waals surface area contributed by atoms with E-state index in [0.29, 0.717) is 28.7 Å². The molecule has 1 atom stereocenters. The quantitative estimate of drug-likeness (QED) is 0.939. The predicted molar refractivity (Wildman–Crippen MR) is 67.7 cm³/mol. The van der Waals surface area contributed by atoms with E-state index in [4.69, 9.17) is 16.1 Å². The summed E-state index contributed by atoms with van der Waals surface area (Å²) in [6.07, 6.45) is -0.159. The van der Waals surface area contributed by atoms with Crippen molar-refractivity contribution in [1.82, 2.24) is 10.1 Å². The van der Waals surface area contributed by atoms with E-state index in [1.54, 1.807) is 12.1 Å². The maximum absolute atomic E-state index is 9.58. The second-order valence-electron chi connectivity index (χ2n) is 3.54. The van der Waals surface area contributed by atoms with E-state index in [1.165, 1.54) is 0 Å². The molecule has 1 N–H and O–H groups in total. The first-order valence-corrected chi connectivity index (χ1v) is 6.25. The van der Waals surface area contributed by atoms with E-state index < -0.39 is 6.10 Å². The summed E-state index contributed by atoms with van der Waals surface area (Å²) in [4.78, 5) is 4.13. The largest absolute Gasteiger partial charge is 0.385 e. The molecule has 0 radical (unpaired) electrons. The fraction of sp³-hybridized carbons (Fsp3) is 0.273.